The molecule has 136 valence electrons. The van der Waals surface area contributed by atoms with Gasteiger partial charge in [-0.15, -0.1) is 0 Å². The lowest BCUT2D eigenvalue weighted by molar-refractivity contribution is -0.148. The monoisotopic (exact) mass is 354 g/mol. The maximum absolute atomic E-state index is 12.6. The van der Waals surface area contributed by atoms with Gasteiger partial charge in [-0.2, -0.15) is 5.10 Å². The molecule has 1 aromatic carbocycles. The number of carbonyl (C=O) groups excluding carboxylic acids is 2. The van der Waals surface area contributed by atoms with Gasteiger partial charge in [-0.25, -0.2) is 0 Å². The van der Waals surface area contributed by atoms with Crippen LogP contribution in [0.5, 0.6) is 0 Å². The topological polar surface area (TPSA) is 76.5 Å². The second-order valence-corrected chi connectivity index (χ2v) is 6.68. The molecule has 0 spiro atoms. The smallest absolute Gasteiger partial charge is 0.276 e. The van der Waals surface area contributed by atoms with Crippen LogP contribution in [-0.4, -0.2) is 45.8 Å². The molecule has 2 aliphatic heterocycles. The van der Waals surface area contributed by atoms with Crippen molar-refractivity contribution in [1.82, 2.24) is 14.7 Å². The Labute approximate surface area is 151 Å². The lowest BCUT2D eigenvalue weighted by Crippen LogP contribution is -2.45. The predicted molar refractivity (Wildman–Crippen MR) is 95.6 cm³/mol. The van der Waals surface area contributed by atoms with Crippen LogP contribution in [0.4, 0.5) is 5.69 Å². The van der Waals surface area contributed by atoms with E-state index in [1.165, 1.54) is 0 Å². The van der Waals surface area contributed by atoms with Gasteiger partial charge in [0.15, 0.2) is 5.69 Å². The van der Waals surface area contributed by atoms with E-state index in [1.54, 1.807) is 6.07 Å². The van der Waals surface area contributed by atoms with E-state index >= 15 is 0 Å². The lowest BCUT2D eigenvalue weighted by Gasteiger charge is -2.32. The van der Waals surface area contributed by atoms with Gasteiger partial charge in [0.05, 0.1) is 18.8 Å². The minimum Gasteiger partial charge on any atom is -0.368 e. The fourth-order valence-corrected chi connectivity index (χ4v) is 3.42. The number of rotatable bonds is 3. The van der Waals surface area contributed by atoms with E-state index in [2.05, 4.69) is 10.4 Å². The molecule has 2 amide bonds. The maximum Gasteiger partial charge on any atom is 0.276 e. The Bertz CT molecular complexity index is 796. The predicted octanol–water partition coefficient (Wildman–Crippen LogP) is 2.05. The summed E-state index contributed by atoms with van der Waals surface area (Å²) in [5, 5.41) is 7.23. The van der Waals surface area contributed by atoms with E-state index in [0.717, 1.165) is 30.6 Å². The highest BCUT2D eigenvalue weighted by Gasteiger charge is 2.30. The molecule has 2 aliphatic rings. The standard InChI is InChI=1S/C19H22N4O3/c24-18(20-14-6-2-1-3-7-14)16-12-15-13-22(9-10-23(15)21-16)19(25)17-8-4-5-11-26-17/h1-3,6-7,12,17H,4-5,8-11,13H2,(H,20,24)/t17-/m0/s1. The Morgan fingerprint density at radius 3 is 2.77 bits per heavy atom. The number of anilines is 1. The van der Waals surface area contributed by atoms with Gasteiger partial charge in [0, 0.05) is 18.8 Å². The van der Waals surface area contributed by atoms with Crippen LogP contribution >= 0.6 is 0 Å². The van der Waals surface area contributed by atoms with E-state index in [-0.39, 0.29) is 17.9 Å². The molecule has 0 unspecified atom stereocenters. The molecule has 7 nitrogen and oxygen atoms in total. The summed E-state index contributed by atoms with van der Waals surface area (Å²) in [6.45, 7) is 2.30. The number of hydrogen-bond donors (Lipinski definition) is 1. The first kappa shape index (κ1) is 16.8. The van der Waals surface area contributed by atoms with Crippen LogP contribution < -0.4 is 5.32 Å². The van der Waals surface area contributed by atoms with E-state index in [4.69, 9.17) is 4.74 Å². The van der Waals surface area contributed by atoms with Crippen molar-refractivity contribution < 1.29 is 14.3 Å². The summed E-state index contributed by atoms with van der Waals surface area (Å²) >= 11 is 0. The molecule has 3 heterocycles. The molecule has 26 heavy (non-hydrogen) atoms. The molecule has 1 N–H and O–H groups in total. The Morgan fingerprint density at radius 2 is 2.00 bits per heavy atom. The summed E-state index contributed by atoms with van der Waals surface area (Å²) < 4.78 is 7.42. The molecule has 7 heteroatoms. The third-order valence-corrected chi connectivity index (χ3v) is 4.83. The maximum atomic E-state index is 12.6. The van der Waals surface area contributed by atoms with E-state index in [1.807, 2.05) is 39.9 Å². The number of hydrogen-bond acceptors (Lipinski definition) is 4. The second kappa shape index (κ2) is 7.29. The highest BCUT2D eigenvalue weighted by Crippen LogP contribution is 2.20. The number of carbonyl (C=O) groups is 2. The minimum atomic E-state index is -0.320. The molecule has 1 aromatic heterocycles. The van der Waals surface area contributed by atoms with Gasteiger partial charge in [0.1, 0.15) is 6.10 Å². The largest absolute Gasteiger partial charge is 0.368 e. The van der Waals surface area contributed by atoms with Crippen LogP contribution in [-0.2, 0) is 22.6 Å². The van der Waals surface area contributed by atoms with Crippen molar-refractivity contribution in [3.8, 4) is 0 Å². The van der Waals surface area contributed by atoms with Crippen LogP contribution in [0.2, 0.25) is 0 Å². The zero-order valence-corrected chi connectivity index (χ0v) is 14.6. The number of nitrogens with zero attached hydrogens (tertiary/aromatic N) is 3. The Morgan fingerprint density at radius 1 is 1.15 bits per heavy atom. The van der Waals surface area contributed by atoms with Crippen molar-refractivity contribution in [2.75, 3.05) is 18.5 Å². The zero-order valence-electron chi connectivity index (χ0n) is 14.6. The first-order valence-corrected chi connectivity index (χ1v) is 9.04. The van der Waals surface area contributed by atoms with Gasteiger partial charge in [0.25, 0.3) is 11.8 Å². The quantitative estimate of drug-likeness (QED) is 0.915. The molecule has 1 atom stereocenters. The van der Waals surface area contributed by atoms with Gasteiger partial charge in [-0.1, -0.05) is 18.2 Å². The first-order valence-electron chi connectivity index (χ1n) is 9.04. The SMILES string of the molecule is O=C(Nc1ccccc1)c1cc2n(n1)CCN(C(=O)[C@@H]1CCCCO1)C2. The highest BCUT2D eigenvalue weighted by molar-refractivity contribution is 6.02. The summed E-state index contributed by atoms with van der Waals surface area (Å²) in [5.74, 6) is -0.195. The van der Waals surface area contributed by atoms with Crippen LogP contribution in [0.15, 0.2) is 36.4 Å². The highest BCUT2D eigenvalue weighted by atomic mass is 16.5. The van der Waals surface area contributed by atoms with E-state index in [0.29, 0.717) is 31.9 Å². The molecule has 4 rings (SSSR count). The number of benzene rings is 1. The Hall–Kier alpha value is -2.67. The van der Waals surface area contributed by atoms with Crippen LogP contribution in [0.3, 0.4) is 0 Å². The van der Waals surface area contributed by atoms with Gasteiger partial charge < -0.3 is 15.0 Å². The number of aromatic nitrogens is 2. The molecule has 0 radical (unpaired) electrons. The normalized spacial score (nSPS) is 19.7. The third kappa shape index (κ3) is 3.48. The van der Waals surface area contributed by atoms with Crippen molar-refractivity contribution in [3.05, 3.63) is 47.8 Å². The molecular weight excluding hydrogens is 332 g/mol. The minimum absolute atomic E-state index is 0.0486. The van der Waals surface area contributed by atoms with Gasteiger partial charge in [0.2, 0.25) is 0 Å². The van der Waals surface area contributed by atoms with Crippen molar-refractivity contribution in [1.29, 1.82) is 0 Å². The molecular formula is C19H22N4O3. The molecule has 2 aromatic rings. The average molecular weight is 354 g/mol. The average Bonchev–Trinajstić information content (AvgIpc) is 3.12. The van der Waals surface area contributed by atoms with Gasteiger partial charge in [-0.05, 0) is 37.5 Å². The Kier molecular flexibility index (Phi) is 4.71. The summed E-state index contributed by atoms with van der Waals surface area (Å²) in [7, 11) is 0. The number of ether oxygens (including phenoxy) is 1. The van der Waals surface area contributed by atoms with Gasteiger partial charge >= 0.3 is 0 Å². The van der Waals surface area contributed by atoms with Crippen molar-refractivity contribution in [3.63, 3.8) is 0 Å². The summed E-state index contributed by atoms with van der Waals surface area (Å²) in [6, 6.07) is 11.1. The molecule has 0 bridgehead atoms. The first-order chi connectivity index (χ1) is 12.7. The summed E-state index contributed by atoms with van der Waals surface area (Å²) in [6.07, 6.45) is 2.53. The Balaban J connectivity index is 1.43. The lowest BCUT2D eigenvalue weighted by atomic mass is 10.1. The van der Waals surface area contributed by atoms with Crippen LogP contribution in [0, 0.1) is 0 Å². The summed E-state index contributed by atoms with van der Waals surface area (Å²) in [5.41, 5.74) is 1.97. The number of nitrogens with one attached hydrogen (secondary N) is 1. The molecule has 0 saturated carbocycles. The van der Waals surface area contributed by atoms with E-state index < -0.39 is 0 Å². The summed E-state index contributed by atoms with van der Waals surface area (Å²) in [4.78, 5) is 26.9. The molecule has 0 aliphatic carbocycles. The van der Waals surface area contributed by atoms with Crippen molar-refractivity contribution >= 4 is 17.5 Å². The zero-order chi connectivity index (χ0) is 17.9. The molecule has 1 saturated heterocycles. The molecule has 1 fully saturated rings. The van der Waals surface area contributed by atoms with E-state index in [9.17, 15) is 9.59 Å². The fraction of sp³-hybridized carbons (Fsp3) is 0.421. The third-order valence-electron chi connectivity index (χ3n) is 4.83. The number of fused-ring (bicyclic) bond motifs is 1. The second-order valence-electron chi connectivity index (χ2n) is 6.68. The van der Waals surface area contributed by atoms with Crippen molar-refractivity contribution in [2.24, 2.45) is 0 Å². The number of para-hydroxylation sites is 1. The van der Waals surface area contributed by atoms with Crippen LogP contribution in [0.1, 0.15) is 35.4 Å². The van der Waals surface area contributed by atoms with Gasteiger partial charge in [-0.3, -0.25) is 14.3 Å². The van der Waals surface area contributed by atoms with Crippen LogP contribution in [0.25, 0.3) is 0 Å². The van der Waals surface area contributed by atoms with Crippen molar-refractivity contribution in [2.45, 2.75) is 38.5 Å². The number of amides is 2. The fourth-order valence-electron chi connectivity index (χ4n) is 3.42.